The van der Waals surface area contributed by atoms with Gasteiger partial charge in [0, 0.05) is 42.2 Å². The molecule has 332 valence electrons. The van der Waals surface area contributed by atoms with Gasteiger partial charge in [0.15, 0.2) is 17.2 Å². The Balaban J connectivity index is 1.15. The molecule has 3 aliphatic carbocycles. The van der Waals surface area contributed by atoms with Crippen molar-refractivity contribution >= 4 is 44.5 Å². The van der Waals surface area contributed by atoms with Crippen LogP contribution in [0.5, 0.6) is 11.5 Å². The lowest BCUT2D eigenvalue weighted by atomic mass is 9.85. The largest absolute Gasteiger partial charge is 0.497 e. The molecule has 6 aliphatic rings. The van der Waals surface area contributed by atoms with Gasteiger partial charge in [-0.15, -0.1) is 0 Å². The van der Waals surface area contributed by atoms with Crippen molar-refractivity contribution in [2.24, 2.45) is 22.7 Å². The molecular formula is C44H54F3N3O10S. The van der Waals surface area contributed by atoms with E-state index in [1.807, 2.05) is 19.1 Å². The summed E-state index contributed by atoms with van der Waals surface area (Å²) >= 11 is 0. The summed E-state index contributed by atoms with van der Waals surface area (Å²) in [5.74, 6) is -3.84. The van der Waals surface area contributed by atoms with Crippen LogP contribution in [-0.4, -0.2) is 92.2 Å². The highest BCUT2D eigenvalue weighted by atomic mass is 32.2. The molecule has 61 heavy (non-hydrogen) atoms. The first-order chi connectivity index (χ1) is 28.9. The molecule has 4 heterocycles. The van der Waals surface area contributed by atoms with Crippen LogP contribution >= 0.6 is 0 Å². The van der Waals surface area contributed by atoms with E-state index >= 15 is 0 Å². The zero-order valence-corrected chi connectivity index (χ0v) is 35.7. The number of fused-ring (bicyclic) bond motifs is 5. The van der Waals surface area contributed by atoms with E-state index in [1.165, 1.54) is 31.3 Å². The zero-order valence-electron chi connectivity index (χ0n) is 34.9. The Morgan fingerprint density at radius 3 is 2.49 bits per heavy atom. The molecule has 0 bridgehead atoms. The van der Waals surface area contributed by atoms with Crippen LogP contribution in [0.2, 0.25) is 0 Å². The molecule has 2 amide bonds. The molecule has 17 heteroatoms. The van der Waals surface area contributed by atoms with Crippen LogP contribution in [0.4, 0.5) is 13.2 Å². The van der Waals surface area contributed by atoms with Gasteiger partial charge in [0.25, 0.3) is 0 Å². The summed E-state index contributed by atoms with van der Waals surface area (Å²) in [4.78, 5) is 62.6. The Bertz CT molecular complexity index is 2260. The van der Waals surface area contributed by atoms with E-state index in [0.29, 0.717) is 43.2 Å². The molecule has 1 saturated heterocycles. The number of sulfonamides is 1. The Hall–Kier alpha value is -4.25. The molecule has 5 atom stereocenters. The van der Waals surface area contributed by atoms with Gasteiger partial charge in [0.1, 0.15) is 16.1 Å². The number of halogens is 3. The molecule has 1 aromatic carbocycles. The number of carbonyl (C=O) groups excluding carboxylic acids is 4. The Labute approximate surface area is 353 Å². The zero-order chi connectivity index (χ0) is 43.6. The number of amides is 2. The molecule has 3 saturated carbocycles. The van der Waals surface area contributed by atoms with Crippen molar-refractivity contribution in [3.8, 4) is 11.5 Å². The number of pyridine rings is 1. The average molecular weight is 874 g/mol. The minimum Gasteiger partial charge on any atom is -0.497 e. The molecule has 4 fully saturated rings. The minimum atomic E-state index is -4.91. The number of hydrogen-bond donors (Lipinski definition) is 1. The van der Waals surface area contributed by atoms with Crippen LogP contribution in [0, 0.1) is 22.7 Å². The molecule has 13 nitrogen and oxygen atoms in total. The van der Waals surface area contributed by atoms with E-state index in [1.54, 1.807) is 6.07 Å². The summed E-state index contributed by atoms with van der Waals surface area (Å²) in [6.07, 6.45) is 3.95. The molecule has 1 N–H and O–H groups in total. The number of ketones is 1. The predicted molar refractivity (Wildman–Crippen MR) is 215 cm³/mol. The van der Waals surface area contributed by atoms with Crippen molar-refractivity contribution in [2.45, 2.75) is 126 Å². The third-order valence-electron chi connectivity index (χ3n) is 14.0. The smallest absolute Gasteiger partial charge is 0.437 e. The summed E-state index contributed by atoms with van der Waals surface area (Å²) in [6, 6.07) is 3.33. The second-order valence-electron chi connectivity index (χ2n) is 18.7. The number of ether oxygens (including phenoxy) is 4. The van der Waals surface area contributed by atoms with Crippen molar-refractivity contribution in [1.82, 2.24) is 14.6 Å². The first-order valence-corrected chi connectivity index (χ1v) is 22.8. The SMILES string of the molecule is COCC1(S(=O)(=O)NC(=O)[C@]23CC(=O)[C@@H]4C[C@]5(CCc6c(c(C(F)(F)F)nc7ccc(OC)cc67)O5)CN4C(=O)[C@@H](CC(=O)OCC4(C)CC4)CCCCC/C=C\[C@@H]2C3)CC1. The standard InChI is InChI=1S/C44H54F3N3O10S/c1-40(15-16-40)25-59-35(52)19-27-9-7-5-4-6-8-10-28-21-43(28,39(54)49-61(55,56)42(17-18-42)26-57-2)23-34(51)33-22-41(24-50(33)38(27)53)14-13-30-31-20-29(58-3)11-12-32(31)48-37(36(30)60-41)44(45,46)47/h8,10-12,20,27-28,33H,4-7,9,13-19,21-26H2,1-3H3,(H,49,54)/b10-8-/t27-,28-,33+,41-,43-/m1/s1. The molecular weight excluding hydrogens is 820 g/mol. The van der Waals surface area contributed by atoms with Gasteiger partial charge >= 0.3 is 12.1 Å². The van der Waals surface area contributed by atoms with E-state index in [9.17, 15) is 40.8 Å². The monoisotopic (exact) mass is 873 g/mol. The van der Waals surface area contributed by atoms with Gasteiger partial charge in [-0.05, 0) is 88.3 Å². The number of esters is 1. The van der Waals surface area contributed by atoms with Gasteiger partial charge in [-0.3, -0.25) is 23.9 Å². The number of alkyl halides is 3. The molecule has 0 unspecified atom stereocenters. The second kappa shape index (κ2) is 15.8. The summed E-state index contributed by atoms with van der Waals surface area (Å²) in [7, 11) is -1.36. The Morgan fingerprint density at radius 1 is 1.03 bits per heavy atom. The van der Waals surface area contributed by atoms with Crippen LogP contribution in [0.15, 0.2) is 30.4 Å². The first kappa shape index (κ1) is 43.4. The molecule has 2 aromatic rings. The summed E-state index contributed by atoms with van der Waals surface area (Å²) in [5.41, 5.74) is -3.84. The number of rotatable bonds is 10. The maximum Gasteiger partial charge on any atom is 0.437 e. The number of hydrogen-bond acceptors (Lipinski definition) is 11. The lowest BCUT2D eigenvalue weighted by Crippen LogP contribution is -2.48. The topological polar surface area (TPSA) is 167 Å². The van der Waals surface area contributed by atoms with Crippen molar-refractivity contribution in [1.29, 1.82) is 0 Å². The van der Waals surface area contributed by atoms with Crippen molar-refractivity contribution in [3.05, 3.63) is 41.6 Å². The Kier molecular flexibility index (Phi) is 11.3. The van der Waals surface area contributed by atoms with Crippen LogP contribution in [0.25, 0.3) is 10.9 Å². The fourth-order valence-electron chi connectivity index (χ4n) is 9.60. The van der Waals surface area contributed by atoms with Gasteiger partial charge in [-0.2, -0.15) is 13.2 Å². The summed E-state index contributed by atoms with van der Waals surface area (Å²) in [6.45, 7) is 1.89. The summed E-state index contributed by atoms with van der Waals surface area (Å²) in [5, 5.41) is 0.421. The maximum atomic E-state index is 14.9. The van der Waals surface area contributed by atoms with E-state index in [0.717, 1.165) is 25.7 Å². The van der Waals surface area contributed by atoms with Gasteiger partial charge < -0.3 is 23.8 Å². The van der Waals surface area contributed by atoms with Crippen molar-refractivity contribution < 1.29 is 59.7 Å². The average Bonchev–Trinajstić information content (AvgIpc) is 4.17. The molecule has 1 aromatic heterocycles. The number of aromatic nitrogens is 1. The van der Waals surface area contributed by atoms with E-state index in [4.69, 9.17) is 18.9 Å². The number of carbonyl (C=O) groups is 4. The van der Waals surface area contributed by atoms with E-state index in [2.05, 4.69) is 9.71 Å². The lowest BCUT2D eigenvalue weighted by molar-refractivity contribution is -0.151. The van der Waals surface area contributed by atoms with Gasteiger partial charge in [-0.25, -0.2) is 13.4 Å². The van der Waals surface area contributed by atoms with Crippen LogP contribution < -0.4 is 14.2 Å². The van der Waals surface area contributed by atoms with Crippen LogP contribution in [-0.2, 0) is 51.3 Å². The quantitative estimate of drug-likeness (QED) is 0.208. The summed E-state index contributed by atoms with van der Waals surface area (Å²) < 4.78 is 95.2. The van der Waals surface area contributed by atoms with Gasteiger partial charge in [0.05, 0.1) is 50.3 Å². The third-order valence-corrected chi connectivity index (χ3v) is 16.2. The molecule has 1 spiro atoms. The van der Waals surface area contributed by atoms with Crippen LogP contribution in [0.1, 0.15) is 108 Å². The number of Topliss-reactive ketones (excluding diaryl/α,β-unsaturated/α-hetero) is 1. The fourth-order valence-corrected chi connectivity index (χ4v) is 11.2. The number of methoxy groups -OCH3 is 2. The normalized spacial score (nSPS) is 29.9. The number of nitrogens with zero attached hydrogens (tertiary/aromatic N) is 2. The molecule has 0 radical (unpaired) electrons. The lowest BCUT2D eigenvalue weighted by Gasteiger charge is -2.37. The van der Waals surface area contributed by atoms with E-state index < -0.39 is 91.3 Å². The molecule has 8 rings (SSSR count). The number of aryl methyl sites for hydroxylation is 1. The highest BCUT2D eigenvalue weighted by Gasteiger charge is 2.64. The minimum absolute atomic E-state index is 0.0890. The van der Waals surface area contributed by atoms with Crippen LogP contribution in [0.3, 0.4) is 0 Å². The fraction of sp³-hybridized carbons (Fsp3) is 0.659. The highest BCUT2D eigenvalue weighted by Crippen LogP contribution is 2.58. The van der Waals surface area contributed by atoms with Gasteiger partial charge in [-0.1, -0.05) is 31.9 Å². The Morgan fingerprint density at radius 2 is 1.80 bits per heavy atom. The number of benzene rings is 1. The highest BCUT2D eigenvalue weighted by molar-refractivity contribution is 7.91. The predicted octanol–water partition coefficient (Wildman–Crippen LogP) is 6.39. The second-order valence-corrected chi connectivity index (χ2v) is 20.8. The van der Waals surface area contributed by atoms with E-state index in [-0.39, 0.29) is 68.4 Å². The maximum absolute atomic E-state index is 14.9. The third kappa shape index (κ3) is 8.49. The van der Waals surface area contributed by atoms with Gasteiger partial charge in [0.2, 0.25) is 21.8 Å². The first-order valence-electron chi connectivity index (χ1n) is 21.3. The number of allylic oxidation sites excluding steroid dienone is 2. The molecule has 3 aliphatic heterocycles. The van der Waals surface area contributed by atoms with Crippen molar-refractivity contribution in [3.63, 3.8) is 0 Å². The number of nitrogens with one attached hydrogen (secondary N) is 1. The van der Waals surface area contributed by atoms with Crippen molar-refractivity contribution in [2.75, 3.05) is 34.0 Å².